The van der Waals surface area contributed by atoms with Crippen molar-refractivity contribution >= 4 is 40.7 Å². The van der Waals surface area contributed by atoms with Crippen molar-refractivity contribution in [2.75, 3.05) is 27.4 Å². The van der Waals surface area contributed by atoms with Gasteiger partial charge in [0.05, 0.1) is 49.1 Å². The van der Waals surface area contributed by atoms with E-state index in [1.807, 2.05) is 13.8 Å². The summed E-state index contributed by atoms with van der Waals surface area (Å²) in [5, 5.41) is 11.4. The quantitative estimate of drug-likeness (QED) is 0.332. The lowest BCUT2D eigenvalue weighted by Crippen LogP contribution is -2.33. The predicted molar refractivity (Wildman–Crippen MR) is 124 cm³/mol. The van der Waals surface area contributed by atoms with Gasteiger partial charge in [0, 0.05) is 18.9 Å². The molecule has 0 spiro atoms. The number of nitrogens with zero attached hydrogens (tertiary/aromatic N) is 2. The zero-order chi connectivity index (χ0) is 24.3. The monoisotopic (exact) mass is 494 g/mol. The Hall–Kier alpha value is -2.81. The number of rotatable bonds is 8. The second-order valence-corrected chi connectivity index (χ2v) is 8.26. The molecule has 1 aliphatic rings. The maximum atomic E-state index is 13.1. The molecule has 3 rings (SSSR count). The van der Waals surface area contributed by atoms with Gasteiger partial charge in [-0.1, -0.05) is 23.2 Å². The van der Waals surface area contributed by atoms with Gasteiger partial charge in [-0.05, 0) is 37.6 Å². The summed E-state index contributed by atoms with van der Waals surface area (Å²) in [5.41, 5.74) is 0.537. The highest BCUT2D eigenvalue weighted by Gasteiger charge is 2.46. The standard InChI is InChI=1S/C23H24Cl2N2O6/c1-12(2)33-10-9-27-18(13-5-7-26-8-6-13)16(20(29)23(27)30)19(28)14-11-15(24)22(32-4)17(25)21(14)31-3/h5-8,11-12,18,28H,9-10H2,1-4H3/b19-16+. The lowest BCUT2D eigenvalue weighted by Gasteiger charge is -2.25. The summed E-state index contributed by atoms with van der Waals surface area (Å²) in [7, 11) is 2.74. The molecule has 1 atom stereocenters. The number of amides is 1. The first-order valence-electron chi connectivity index (χ1n) is 10.1. The normalized spacial score (nSPS) is 17.7. The Kier molecular flexibility index (Phi) is 7.84. The van der Waals surface area contributed by atoms with E-state index >= 15 is 0 Å². The minimum atomic E-state index is -0.867. The number of carbonyl (C=O) groups is 2. The highest BCUT2D eigenvalue weighted by Crippen LogP contribution is 2.47. The summed E-state index contributed by atoms with van der Waals surface area (Å²) in [6.07, 6.45) is 3.04. The van der Waals surface area contributed by atoms with Crippen molar-refractivity contribution < 1.29 is 28.9 Å². The van der Waals surface area contributed by atoms with Gasteiger partial charge in [-0.3, -0.25) is 14.6 Å². The number of halogens is 2. The Balaban J connectivity index is 2.20. The van der Waals surface area contributed by atoms with Gasteiger partial charge in [-0.15, -0.1) is 0 Å². The SMILES string of the molecule is COc1c(Cl)cc(/C(O)=C2\C(=O)C(=O)N(CCOC(C)C)C2c2ccncc2)c(OC)c1Cl. The second kappa shape index (κ2) is 10.4. The zero-order valence-corrected chi connectivity index (χ0v) is 20.1. The van der Waals surface area contributed by atoms with Gasteiger partial charge in [0.1, 0.15) is 10.8 Å². The number of carbonyl (C=O) groups excluding carboxylic acids is 2. The van der Waals surface area contributed by atoms with Gasteiger partial charge < -0.3 is 24.2 Å². The van der Waals surface area contributed by atoms with Gasteiger partial charge in [-0.25, -0.2) is 0 Å². The molecule has 1 amide bonds. The fraction of sp³-hybridized carbons (Fsp3) is 0.348. The fourth-order valence-corrected chi connectivity index (χ4v) is 4.37. The number of aromatic nitrogens is 1. The molecule has 10 heteroatoms. The van der Waals surface area contributed by atoms with Crippen LogP contribution in [0.25, 0.3) is 5.76 Å². The minimum Gasteiger partial charge on any atom is -0.507 e. The third-order valence-corrected chi connectivity index (χ3v) is 5.76. The third kappa shape index (κ3) is 4.78. The van der Waals surface area contributed by atoms with Crippen LogP contribution in [-0.2, 0) is 14.3 Å². The molecule has 2 heterocycles. The Morgan fingerprint density at radius 1 is 1.15 bits per heavy atom. The van der Waals surface area contributed by atoms with Crippen molar-refractivity contribution in [1.29, 1.82) is 0 Å². The molecule has 2 aromatic rings. The molecular formula is C23H24Cl2N2O6. The van der Waals surface area contributed by atoms with Crippen LogP contribution in [0.5, 0.6) is 11.5 Å². The van der Waals surface area contributed by atoms with E-state index in [1.54, 1.807) is 24.5 Å². The first-order valence-corrected chi connectivity index (χ1v) is 10.9. The van der Waals surface area contributed by atoms with Crippen molar-refractivity contribution in [3.8, 4) is 11.5 Å². The average Bonchev–Trinajstić information content (AvgIpc) is 3.04. The summed E-state index contributed by atoms with van der Waals surface area (Å²) >= 11 is 12.6. The van der Waals surface area contributed by atoms with Gasteiger partial charge in [0.15, 0.2) is 11.5 Å². The predicted octanol–water partition coefficient (Wildman–Crippen LogP) is 4.25. The first kappa shape index (κ1) is 24.8. The molecule has 1 aromatic carbocycles. The molecule has 0 bridgehead atoms. The van der Waals surface area contributed by atoms with Crippen LogP contribution in [0.2, 0.25) is 10.0 Å². The van der Waals surface area contributed by atoms with Crippen LogP contribution >= 0.6 is 23.2 Å². The third-order valence-electron chi connectivity index (χ3n) is 5.14. The second-order valence-electron chi connectivity index (χ2n) is 7.48. The van der Waals surface area contributed by atoms with E-state index in [4.69, 9.17) is 37.4 Å². The van der Waals surface area contributed by atoms with Crippen molar-refractivity contribution in [1.82, 2.24) is 9.88 Å². The number of ether oxygens (including phenoxy) is 3. The summed E-state index contributed by atoms with van der Waals surface area (Å²) < 4.78 is 16.1. The van der Waals surface area contributed by atoms with Crippen molar-refractivity contribution in [3.05, 3.63) is 57.3 Å². The molecule has 33 heavy (non-hydrogen) atoms. The number of benzene rings is 1. The number of aliphatic hydroxyl groups excluding tert-OH is 1. The minimum absolute atomic E-state index is 0.0223. The smallest absolute Gasteiger partial charge is 0.295 e. The Labute approximate surface area is 201 Å². The van der Waals surface area contributed by atoms with Crippen LogP contribution in [0.15, 0.2) is 36.2 Å². The molecule has 1 aromatic heterocycles. The summed E-state index contributed by atoms with van der Waals surface area (Å²) in [6.45, 7) is 4.11. The average molecular weight is 495 g/mol. The molecule has 8 nitrogen and oxygen atoms in total. The van der Waals surface area contributed by atoms with Crippen LogP contribution in [0.1, 0.15) is 31.0 Å². The molecule has 1 saturated heterocycles. The number of pyridine rings is 1. The van der Waals surface area contributed by atoms with E-state index < -0.39 is 23.5 Å². The van der Waals surface area contributed by atoms with Crippen LogP contribution in [0, 0.1) is 0 Å². The van der Waals surface area contributed by atoms with Gasteiger partial charge in [-0.2, -0.15) is 0 Å². The highest BCUT2D eigenvalue weighted by atomic mass is 35.5. The van der Waals surface area contributed by atoms with E-state index in [0.29, 0.717) is 5.56 Å². The lowest BCUT2D eigenvalue weighted by molar-refractivity contribution is -0.140. The number of aliphatic hydroxyl groups is 1. The first-order chi connectivity index (χ1) is 15.7. The Bertz CT molecular complexity index is 1090. The Morgan fingerprint density at radius 3 is 2.36 bits per heavy atom. The van der Waals surface area contributed by atoms with Gasteiger partial charge >= 0.3 is 0 Å². The number of methoxy groups -OCH3 is 2. The molecule has 1 N–H and O–H groups in total. The van der Waals surface area contributed by atoms with E-state index in [1.165, 1.54) is 25.2 Å². The van der Waals surface area contributed by atoms with Crippen molar-refractivity contribution in [3.63, 3.8) is 0 Å². The fourth-order valence-electron chi connectivity index (χ4n) is 3.68. The molecular weight excluding hydrogens is 471 g/mol. The van der Waals surface area contributed by atoms with Crippen LogP contribution in [-0.4, -0.2) is 60.2 Å². The molecule has 0 saturated carbocycles. The number of hydrogen-bond acceptors (Lipinski definition) is 7. The number of hydrogen-bond donors (Lipinski definition) is 1. The van der Waals surface area contributed by atoms with Gasteiger partial charge in [0.25, 0.3) is 11.7 Å². The highest BCUT2D eigenvalue weighted by molar-refractivity contribution is 6.47. The summed E-state index contributed by atoms with van der Waals surface area (Å²) in [6, 6.07) is 3.85. The Morgan fingerprint density at radius 2 is 1.79 bits per heavy atom. The van der Waals surface area contributed by atoms with E-state index in [9.17, 15) is 14.7 Å². The number of likely N-dealkylation sites (tertiary alicyclic amines) is 1. The molecule has 176 valence electrons. The molecule has 1 fully saturated rings. The van der Waals surface area contributed by atoms with Crippen LogP contribution < -0.4 is 9.47 Å². The summed E-state index contributed by atoms with van der Waals surface area (Å²) in [4.78, 5) is 31.4. The van der Waals surface area contributed by atoms with Crippen LogP contribution in [0.3, 0.4) is 0 Å². The maximum Gasteiger partial charge on any atom is 0.295 e. The topological polar surface area (TPSA) is 98.2 Å². The zero-order valence-electron chi connectivity index (χ0n) is 18.6. The number of ketones is 1. The van der Waals surface area contributed by atoms with E-state index in [2.05, 4.69) is 4.98 Å². The van der Waals surface area contributed by atoms with E-state index in [0.717, 1.165) is 0 Å². The molecule has 1 unspecified atom stereocenters. The van der Waals surface area contributed by atoms with Crippen molar-refractivity contribution in [2.24, 2.45) is 0 Å². The number of Topliss-reactive ketones (excluding diaryl/α,β-unsaturated/α-hetero) is 1. The largest absolute Gasteiger partial charge is 0.507 e. The van der Waals surface area contributed by atoms with E-state index in [-0.39, 0.29) is 51.9 Å². The maximum absolute atomic E-state index is 13.1. The molecule has 1 aliphatic heterocycles. The van der Waals surface area contributed by atoms with Crippen LogP contribution in [0.4, 0.5) is 0 Å². The lowest BCUT2D eigenvalue weighted by atomic mass is 9.95. The van der Waals surface area contributed by atoms with Gasteiger partial charge in [0.2, 0.25) is 0 Å². The van der Waals surface area contributed by atoms with Crippen molar-refractivity contribution in [2.45, 2.75) is 26.0 Å². The molecule has 0 radical (unpaired) electrons. The molecule has 0 aliphatic carbocycles. The summed E-state index contributed by atoms with van der Waals surface area (Å²) in [5.74, 6) is -1.85.